The van der Waals surface area contributed by atoms with Gasteiger partial charge in [0, 0.05) is 18.7 Å². The van der Waals surface area contributed by atoms with Crippen LogP contribution in [0.1, 0.15) is 80.3 Å². The molecule has 0 bridgehead atoms. The van der Waals surface area contributed by atoms with Crippen molar-refractivity contribution in [3.63, 3.8) is 0 Å². The van der Waals surface area contributed by atoms with Gasteiger partial charge in [0.15, 0.2) is 9.84 Å². The Kier molecular flexibility index (Phi) is 10.6. The maximum atomic E-state index is 13.2. The standard InChI is InChI=1S/C26H34F3NO3S/c1-3-5-6-7-8-9-17-30(25(31)22-11-10-12-23(19-22)26(27,28)29)20-21-13-15-24(16-14-21)34(32,33)18-4-2/h10-16,19H,3-9,17-18,20H2,1-2H3. The molecule has 0 radical (unpaired) electrons. The van der Waals surface area contributed by atoms with Crippen LogP contribution in [-0.4, -0.2) is 31.5 Å². The molecule has 8 heteroatoms. The quantitative estimate of drug-likeness (QED) is 0.283. The molecule has 34 heavy (non-hydrogen) atoms. The van der Waals surface area contributed by atoms with Crippen molar-refractivity contribution in [2.45, 2.75) is 76.4 Å². The molecule has 1 amide bonds. The zero-order valence-electron chi connectivity index (χ0n) is 19.9. The van der Waals surface area contributed by atoms with Gasteiger partial charge in [-0.2, -0.15) is 13.2 Å². The zero-order chi connectivity index (χ0) is 25.2. The van der Waals surface area contributed by atoms with E-state index in [1.54, 1.807) is 24.0 Å². The highest BCUT2D eigenvalue weighted by Crippen LogP contribution is 2.30. The van der Waals surface area contributed by atoms with E-state index >= 15 is 0 Å². The van der Waals surface area contributed by atoms with Crippen LogP contribution in [0.25, 0.3) is 0 Å². The van der Waals surface area contributed by atoms with E-state index in [2.05, 4.69) is 6.92 Å². The normalized spacial score (nSPS) is 12.0. The van der Waals surface area contributed by atoms with Crippen molar-refractivity contribution >= 4 is 15.7 Å². The number of halogens is 3. The van der Waals surface area contributed by atoms with E-state index in [1.807, 2.05) is 0 Å². The van der Waals surface area contributed by atoms with Crippen LogP contribution in [0.5, 0.6) is 0 Å². The van der Waals surface area contributed by atoms with Crippen molar-refractivity contribution in [1.29, 1.82) is 0 Å². The Labute approximate surface area is 201 Å². The van der Waals surface area contributed by atoms with Gasteiger partial charge >= 0.3 is 6.18 Å². The molecule has 0 aromatic heterocycles. The monoisotopic (exact) mass is 497 g/mol. The van der Waals surface area contributed by atoms with Crippen molar-refractivity contribution in [3.8, 4) is 0 Å². The molecule has 0 unspecified atom stereocenters. The summed E-state index contributed by atoms with van der Waals surface area (Å²) in [5.74, 6) is -0.410. The van der Waals surface area contributed by atoms with Gasteiger partial charge in [-0.25, -0.2) is 8.42 Å². The number of hydrogen-bond donors (Lipinski definition) is 0. The number of carbonyl (C=O) groups is 1. The Morgan fingerprint density at radius 2 is 1.53 bits per heavy atom. The summed E-state index contributed by atoms with van der Waals surface area (Å²) in [6.45, 7) is 4.54. The van der Waals surface area contributed by atoms with Crippen molar-refractivity contribution in [2.75, 3.05) is 12.3 Å². The van der Waals surface area contributed by atoms with Gasteiger partial charge in [0.05, 0.1) is 16.2 Å². The maximum Gasteiger partial charge on any atom is 0.416 e. The highest BCUT2D eigenvalue weighted by Gasteiger charge is 2.31. The highest BCUT2D eigenvalue weighted by molar-refractivity contribution is 7.91. The van der Waals surface area contributed by atoms with Gasteiger partial charge in [0.25, 0.3) is 5.91 Å². The number of hydrogen-bond acceptors (Lipinski definition) is 3. The van der Waals surface area contributed by atoms with Gasteiger partial charge < -0.3 is 4.90 Å². The van der Waals surface area contributed by atoms with E-state index in [4.69, 9.17) is 0 Å². The van der Waals surface area contributed by atoms with Crippen LogP contribution in [0.2, 0.25) is 0 Å². The summed E-state index contributed by atoms with van der Waals surface area (Å²) in [5, 5.41) is 0. The van der Waals surface area contributed by atoms with Crippen molar-refractivity contribution in [2.24, 2.45) is 0 Å². The van der Waals surface area contributed by atoms with Gasteiger partial charge in [-0.15, -0.1) is 0 Å². The summed E-state index contributed by atoms with van der Waals surface area (Å²) in [5.41, 5.74) is -0.145. The fourth-order valence-corrected chi connectivity index (χ4v) is 5.08. The summed E-state index contributed by atoms with van der Waals surface area (Å²) in [7, 11) is -3.35. The predicted octanol–water partition coefficient (Wildman–Crippen LogP) is 6.89. The smallest absolute Gasteiger partial charge is 0.334 e. The molecule has 0 atom stereocenters. The Hall–Kier alpha value is -2.35. The maximum absolute atomic E-state index is 13.2. The molecule has 4 nitrogen and oxygen atoms in total. The molecule has 188 valence electrons. The molecule has 0 heterocycles. The summed E-state index contributed by atoms with van der Waals surface area (Å²) in [6.07, 6.45) is 2.11. The molecule has 0 saturated heterocycles. The van der Waals surface area contributed by atoms with Gasteiger partial charge in [0.1, 0.15) is 0 Å². The fraction of sp³-hybridized carbons (Fsp3) is 0.500. The summed E-state index contributed by atoms with van der Waals surface area (Å²) in [4.78, 5) is 14.9. The third kappa shape index (κ3) is 8.46. The minimum absolute atomic E-state index is 0.0112. The van der Waals surface area contributed by atoms with Crippen LogP contribution in [0, 0.1) is 0 Å². The molecule has 0 N–H and O–H groups in total. The molecule has 0 aliphatic rings. The zero-order valence-corrected chi connectivity index (χ0v) is 20.7. The Morgan fingerprint density at radius 3 is 2.15 bits per heavy atom. The lowest BCUT2D eigenvalue weighted by atomic mass is 10.1. The van der Waals surface area contributed by atoms with Crippen LogP contribution in [0.3, 0.4) is 0 Å². The molecule has 0 fully saturated rings. The van der Waals surface area contributed by atoms with E-state index in [-0.39, 0.29) is 22.8 Å². The first-order chi connectivity index (χ1) is 16.1. The lowest BCUT2D eigenvalue weighted by Crippen LogP contribution is -2.31. The van der Waals surface area contributed by atoms with Crippen LogP contribution >= 0.6 is 0 Å². The fourth-order valence-electron chi connectivity index (χ4n) is 3.76. The van der Waals surface area contributed by atoms with Crippen molar-refractivity contribution in [3.05, 3.63) is 65.2 Å². The van der Waals surface area contributed by atoms with E-state index in [0.29, 0.717) is 13.0 Å². The van der Waals surface area contributed by atoms with E-state index in [1.165, 1.54) is 24.3 Å². The minimum Gasteiger partial charge on any atom is -0.334 e. The van der Waals surface area contributed by atoms with Crippen LogP contribution in [0.4, 0.5) is 13.2 Å². The third-order valence-corrected chi connectivity index (χ3v) is 7.57. The number of nitrogens with zero attached hydrogens (tertiary/aromatic N) is 1. The number of unbranched alkanes of at least 4 members (excludes halogenated alkanes) is 5. The number of rotatable bonds is 13. The Balaban J connectivity index is 2.20. The van der Waals surface area contributed by atoms with Gasteiger partial charge in [0.2, 0.25) is 0 Å². The van der Waals surface area contributed by atoms with Gasteiger partial charge in [-0.05, 0) is 48.7 Å². The second-order valence-corrected chi connectivity index (χ2v) is 10.6. The molecule has 0 aliphatic heterocycles. The van der Waals surface area contributed by atoms with Gasteiger partial charge in [-0.1, -0.05) is 64.2 Å². The minimum atomic E-state index is -4.53. The van der Waals surface area contributed by atoms with Crippen LogP contribution in [-0.2, 0) is 22.6 Å². The molecule has 2 rings (SSSR count). The largest absolute Gasteiger partial charge is 0.416 e. The van der Waals surface area contributed by atoms with E-state index in [9.17, 15) is 26.4 Å². The van der Waals surface area contributed by atoms with Crippen LogP contribution in [0.15, 0.2) is 53.4 Å². The first-order valence-corrected chi connectivity index (χ1v) is 13.5. The summed E-state index contributed by atoms with van der Waals surface area (Å²) >= 11 is 0. The second-order valence-electron chi connectivity index (χ2n) is 8.54. The average Bonchev–Trinajstić information content (AvgIpc) is 2.80. The lowest BCUT2D eigenvalue weighted by molar-refractivity contribution is -0.137. The first kappa shape index (κ1) is 27.9. The van der Waals surface area contributed by atoms with E-state index in [0.717, 1.165) is 56.2 Å². The van der Waals surface area contributed by atoms with E-state index < -0.39 is 27.5 Å². The van der Waals surface area contributed by atoms with Crippen molar-refractivity contribution in [1.82, 2.24) is 4.90 Å². The molecule has 0 aliphatic carbocycles. The average molecular weight is 498 g/mol. The highest BCUT2D eigenvalue weighted by atomic mass is 32.2. The predicted molar refractivity (Wildman–Crippen MR) is 128 cm³/mol. The SMILES string of the molecule is CCCCCCCCN(Cc1ccc(S(=O)(=O)CCC)cc1)C(=O)c1cccc(C(F)(F)F)c1. The number of amides is 1. The number of alkyl halides is 3. The molecule has 2 aromatic rings. The van der Waals surface area contributed by atoms with Crippen LogP contribution < -0.4 is 0 Å². The number of benzene rings is 2. The molecular weight excluding hydrogens is 463 g/mol. The Morgan fingerprint density at radius 1 is 0.882 bits per heavy atom. The molecule has 0 saturated carbocycles. The molecule has 0 spiro atoms. The first-order valence-electron chi connectivity index (χ1n) is 11.9. The van der Waals surface area contributed by atoms with Gasteiger partial charge in [-0.3, -0.25) is 4.79 Å². The molecule has 2 aromatic carbocycles. The molecular formula is C26H34F3NO3S. The Bertz CT molecular complexity index is 1020. The summed E-state index contributed by atoms with van der Waals surface area (Å²) in [6, 6.07) is 10.8. The summed E-state index contributed by atoms with van der Waals surface area (Å²) < 4.78 is 64.0. The number of carbonyl (C=O) groups excluding carboxylic acids is 1. The lowest BCUT2D eigenvalue weighted by Gasteiger charge is -2.24. The topological polar surface area (TPSA) is 54.5 Å². The number of sulfone groups is 1. The second kappa shape index (κ2) is 12.9. The third-order valence-electron chi connectivity index (χ3n) is 5.63. The van der Waals surface area contributed by atoms with Crippen molar-refractivity contribution < 1.29 is 26.4 Å².